The number of nitriles is 1. The van der Waals surface area contributed by atoms with Crippen molar-refractivity contribution in [3.63, 3.8) is 0 Å². The third-order valence-electron chi connectivity index (χ3n) is 5.33. The number of nitrogens with zero attached hydrogens (tertiary/aromatic N) is 3. The second-order valence-electron chi connectivity index (χ2n) is 7.75. The van der Waals surface area contributed by atoms with Crippen LogP contribution in [0, 0.1) is 18.3 Å². The fraction of sp³-hybridized carbons (Fsp3) is 0.160. The quantitative estimate of drug-likeness (QED) is 0.211. The number of aromatic amines is 1. The van der Waals surface area contributed by atoms with Crippen molar-refractivity contribution in [2.45, 2.75) is 13.5 Å². The number of ether oxygens (including phenoxy) is 1. The zero-order valence-corrected chi connectivity index (χ0v) is 20.1. The standard InChI is InChI=1S/C25H23N5O5S/c1-17-22-9-10-28-24(22)8-7-23(17)30-25-18(14-27-15-19(25)13-26)5-6-20-3-2-4-21(29-20)16-34-11-12-35-36(31,32)33/h2-10,14-15,28H,11-12,16H2,1H3,(H,27,30)(H,31,32,33). The molecule has 3 aromatic heterocycles. The summed E-state index contributed by atoms with van der Waals surface area (Å²) in [5.74, 6) is 0. The van der Waals surface area contributed by atoms with E-state index in [1.807, 2.05) is 49.5 Å². The Morgan fingerprint density at radius 3 is 2.83 bits per heavy atom. The monoisotopic (exact) mass is 505 g/mol. The summed E-state index contributed by atoms with van der Waals surface area (Å²) in [5.41, 5.74) is 6.02. The van der Waals surface area contributed by atoms with Crippen LogP contribution in [0.5, 0.6) is 0 Å². The minimum absolute atomic E-state index is 0.0306. The van der Waals surface area contributed by atoms with Gasteiger partial charge < -0.3 is 15.0 Å². The van der Waals surface area contributed by atoms with Crippen LogP contribution in [-0.4, -0.2) is 41.1 Å². The van der Waals surface area contributed by atoms with E-state index in [1.165, 1.54) is 6.20 Å². The van der Waals surface area contributed by atoms with Gasteiger partial charge in [-0.3, -0.25) is 14.5 Å². The molecule has 0 spiro atoms. The van der Waals surface area contributed by atoms with Crippen LogP contribution in [0.15, 0.2) is 55.0 Å². The highest BCUT2D eigenvalue weighted by molar-refractivity contribution is 7.80. The molecule has 0 aliphatic heterocycles. The Hall–Kier alpha value is -4.08. The number of H-pyrrole nitrogens is 1. The first-order valence-corrected chi connectivity index (χ1v) is 12.3. The molecule has 0 unspecified atom stereocenters. The van der Waals surface area contributed by atoms with Crippen molar-refractivity contribution < 1.29 is 21.9 Å². The summed E-state index contributed by atoms with van der Waals surface area (Å²) in [7, 11) is -4.48. The highest BCUT2D eigenvalue weighted by Gasteiger charge is 2.11. The molecule has 10 nitrogen and oxygen atoms in total. The summed E-state index contributed by atoms with van der Waals surface area (Å²) in [6, 6.07) is 13.6. The van der Waals surface area contributed by atoms with Crippen LogP contribution in [0.4, 0.5) is 11.4 Å². The molecule has 36 heavy (non-hydrogen) atoms. The maximum absolute atomic E-state index is 10.6. The van der Waals surface area contributed by atoms with Gasteiger partial charge in [0.15, 0.2) is 0 Å². The highest BCUT2D eigenvalue weighted by Crippen LogP contribution is 2.31. The third kappa shape index (κ3) is 6.32. The number of anilines is 2. The molecule has 0 amide bonds. The molecule has 3 heterocycles. The molecule has 0 aliphatic rings. The van der Waals surface area contributed by atoms with E-state index in [4.69, 9.17) is 9.29 Å². The van der Waals surface area contributed by atoms with Gasteiger partial charge in [-0.05, 0) is 55.0 Å². The van der Waals surface area contributed by atoms with E-state index in [2.05, 4.69) is 30.5 Å². The van der Waals surface area contributed by atoms with Crippen molar-refractivity contribution in [2.24, 2.45) is 0 Å². The van der Waals surface area contributed by atoms with Crippen LogP contribution < -0.4 is 5.32 Å². The fourth-order valence-electron chi connectivity index (χ4n) is 3.60. The molecule has 0 fully saturated rings. The Kier molecular flexibility index (Phi) is 7.72. The van der Waals surface area contributed by atoms with Gasteiger partial charge in [-0.1, -0.05) is 6.07 Å². The molecule has 4 rings (SSSR count). The molecule has 0 saturated heterocycles. The van der Waals surface area contributed by atoms with Gasteiger partial charge in [-0.25, -0.2) is 4.18 Å². The molecule has 0 atom stereocenters. The summed E-state index contributed by atoms with van der Waals surface area (Å²) in [4.78, 5) is 11.9. The van der Waals surface area contributed by atoms with E-state index in [-0.39, 0.29) is 19.8 Å². The van der Waals surface area contributed by atoms with Crippen LogP contribution in [-0.2, 0) is 25.9 Å². The van der Waals surface area contributed by atoms with E-state index in [0.717, 1.165) is 22.2 Å². The normalized spacial score (nSPS) is 11.7. The number of aromatic nitrogens is 3. The predicted molar refractivity (Wildman–Crippen MR) is 136 cm³/mol. The fourth-order valence-corrected chi connectivity index (χ4v) is 3.88. The van der Waals surface area contributed by atoms with E-state index < -0.39 is 10.4 Å². The van der Waals surface area contributed by atoms with Gasteiger partial charge in [0, 0.05) is 40.7 Å². The van der Waals surface area contributed by atoms with Crippen molar-refractivity contribution in [2.75, 3.05) is 18.5 Å². The summed E-state index contributed by atoms with van der Waals surface area (Å²) in [5, 5.41) is 14.2. The van der Waals surface area contributed by atoms with Gasteiger partial charge in [0.25, 0.3) is 0 Å². The number of nitrogens with one attached hydrogen (secondary N) is 2. The minimum Gasteiger partial charge on any atom is -0.373 e. The molecule has 0 saturated carbocycles. The van der Waals surface area contributed by atoms with E-state index in [9.17, 15) is 13.7 Å². The molecule has 0 aliphatic carbocycles. The molecule has 0 radical (unpaired) electrons. The zero-order chi connectivity index (χ0) is 25.5. The van der Waals surface area contributed by atoms with Gasteiger partial charge in [0.1, 0.15) is 6.07 Å². The summed E-state index contributed by atoms with van der Waals surface area (Å²) in [6.07, 6.45) is 8.71. The van der Waals surface area contributed by atoms with Crippen LogP contribution >= 0.6 is 0 Å². The van der Waals surface area contributed by atoms with Crippen molar-refractivity contribution in [1.82, 2.24) is 15.0 Å². The van der Waals surface area contributed by atoms with Gasteiger partial charge in [0.05, 0.1) is 42.5 Å². The van der Waals surface area contributed by atoms with Crippen molar-refractivity contribution in [3.05, 3.63) is 83.1 Å². The summed E-state index contributed by atoms with van der Waals surface area (Å²) >= 11 is 0. The van der Waals surface area contributed by atoms with Gasteiger partial charge >= 0.3 is 10.4 Å². The first-order valence-electron chi connectivity index (χ1n) is 10.9. The SMILES string of the molecule is Cc1c(Nc2c(C#N)cncc2C=Cc2cccc(COCCOS(=O)(=O)O)n2)ccc2[nH]ccc12. The molecular weight excluding hydrogens is 482 g/mol. The highest BCUT2D eigenvalue weighted by atomic mass is 32.3. The first-order chi connectivity index (χ1) is 17.3. The van der Waals surface area contributed by atoms with Crippen molar-refractivity contribution in [3.8, 4) is 6.07 Å². The van der Waals surface area contributed by atoms with E-state index in [1.54, 1.807) is 18.3 Å². The smallest absolute Gasteiger partial charge is 0.373 e. The van der Waals surface area contributed by atoms with E-state index in [0.29, 0.717) is 28.2 Å². The number of rotatable bonds is 10. The maximum Gasteiger partial charge on any atom is 0.397 e. The zero-order valence-electron chi connectivity index (χ0n) is 19.3. The Morgan fingerprint density at radius 1 is 1.17 bits per heavy atom. The largest absolute Gasteiger partial charge is 0.397 e. The first kappa shape index (κ1) is 25.0. The summed E-state index contributed by atoms with van der Waals surface area (Å²) < 4.78 is 39.2. The number of fused-ring (bicyclic) bond motifs is 1. The Morgan fingerprint density at radius 2 is 2.03 bits per heavy atom. The second-order valence-corrected chi connectivity index (χ2v) is 8.85. The topological polar surface area (TPSA) is 150 Å². The van der Waals surface area contributed by atoms with Crippen LogP contribution in [0.2, 0.25) is 0 Å². The van der Waals surface area contributed by atoms with Gasteiger partial charge in [0.2, 0.25) is 0 Å². The van der Waals surface area contributed by atoms with Crippen molar-refractivity contribution in [1.29, 1.82) is 5.26 Å². The van der Waals surface area contributed by atoms with E-state index >= 15 is 0 Å². The second kappa shape index (κ2) is 11.1. The lowest BCUT2D eigenvalue weighted by Gasteiger charge is -2.14. The number of hydrogen-bond donors (Lipinski definition) is 3. The average molecular weight is 506 g/mol. The van der Waals surface area contributed by atoms with Crippen molar-refractivity contribution >= 4 is 44.8 Å². The Labute approximate surface area is 208 Å². The van der Waals surface area contributed by atoms with Gasteiger partial charge in [-0.15, -0.1) is 0 Å². The molecule has 11 heteroatoms. The molecule has 3 N–H and O–H groups in total. The van der Waals surface area contributed by atoms with Gasteiger partial charge in [-0.2, -0.15) is 13.7 Å². The third-order valence-corrected chi connectivity index (χ3v) is 5.80. The minimum atomic E-state index is -4.48. The molecule has 4 aromatic rings. The number of benzene rings is 1. The average Bonchev–Trinajstić information content (AvgIpc) is 3.34. The van der Waals surface area contributed by atoms with Crippen LogP contribution in [0.1, 0.15) is 28.1 Å². The lowest BCUT2D eigenvalue weighted by molar-refractivity contribution is 0.0847. The molecule has 0 bridgehead atoms. The molecule has 184 valence electrons. The summed E-state index contributed by atoms with van der Waals surface area (Å²) in [6.45, 7) is 1.83. The lowest BCUT2D eigenvalue weighted by atomic mass is 10.1. The number of hydrogen-bond acceptors (Lipinski definition) is 8. The Balaban J connectivity index is 1.51. The molecule has 1 aromatic carbocycles. The van der Waals surface area contributed by atoms with Crippen LogP contribution in [0.3, 0.4) is 0 Å². The lowest BCUT2D eigenvalue weighted by Crippen LogP contribution is -2.10. The number of aryl methyl sites for hydroxylation is 1. The molecular formula is C25H23N5O5S. The number of pyridine rings is 2. The predicted octanol–water partition coefficient (Wildman–Crippen LogP) is 4.39. The Bertz CT molecular complexity index is 1560. The maximum atomic E-state index is 10.6. The van der Waals surface area contributed by atoms with Crippen LogP contribution in [0.25, 0.3) is 23.1 Å².